The monoisotopic (exact) mass is 355 g/mol. The number of rotatable bonds is 3. The SMILES string of the molecule is O=C(OCC1c2ccccc2-c2ccccc21)N1C[C@H](O)C[C@H]1C(O)O. The van der Waals surface area contributed by atoms with Gasteiger partial charge in [-0.15, -0.1) is 0 Å². The van der Waals surface area contributed by atoms with E-state index in [2.05, 4.69) is 12.1 Å². The van der Waals surface area contributed by atoms with E-state index in [-0.39, 0.29) is 25.5 Å². The first-order chi connectivity index (χ1) is 12.6. The lowest BCUT2D eigenvalue weighted by molar-refractivity contribution is -0.0876. The topological polar surface area (TPSA) is 90.2 Å². The number of amides is 1. The van der Waals surface area contributed by atoms with E-state index in [4.69, 9.17) is 4.74 Å². The third kappa shape index (κ3) is 2.86. The summed E-state index contributed by atoms with van der Waals surface area (Å²) < 4.78 is 5.51. The van der Waals surface area contributed by atoms with E-state index in [0.29, 0.717) is 0 Å². The number of carbonyl (C=O) groups excluding carboxylic acids is 1. The lowest BCUT2D eigenvalue weighted by atomic mass is 9.98. The van der Waals surface area contributed by atoms with Crippen LogP contribution in [0.1, 0.15) is 23.5 Å². The van der Waals surface area contributed by atoms with E-state index < -0.39 is 24.5 Å². The van der Waals surface area contributed by atoms with Crippen LogP contribution < -0.4 is 0 Å². The van der Waals surface area contributed by atoms with Gasteiger partial charge in [0, 0.05) is 12.3 Å². The smallest absolute Gasteiger partial charge is 0.410 e. The van der Waals surface area contributed by atoms with Gasteiger partial charge in [-0.25, -0.2) is 4.79 Å². The highest BCUT2D eigenvalue weighted by atomic mass is 16.6. The maximum atomic E-state index is 12.5. The van der Waals surface area contributed by atoms with Gasteiger partial charge in [0.25, 0.3) is 0 Å². The zero-order valence-electron chi connectivity index (χ0n) is 14.2. The molecule has 3 N–H and O–H groups in total. The zero-order valence-corrected chi connectivity index (χ0v) is 14.2. The molecule has 2 aromatic rings. The number of benzene rings is 2. The molecule has 1 fully saturated rings. The molecule has 1 heterocycles. The summed E-state index contributed by atoms with van der Waals surface area (Å²) in [5.74, 6) is -0.0589. The van der Waals surface area contributed by atoms with Crippen molar-refractivity contribution in [1.29, 1.82) is 0 Å². The maximum Gasteiger partial charge on any atom is 0.410 e. The molecule has 2 aromatic carbocycles. The van der Waals surface area contributed by atoms with Crippen LogP contribution in [0.2, 0.25) is 0 Å². The van der Waals surface area contributed by atoms with Crippen LogP contribution in [0, 0.1) is 0 Å². The van der Waals surface area contributed by atoms with E-state index in [9.17, 15) is 20.1 Å². The second-order valence-corrected chi connectivity index (χ2v) is 6.83. The summed E-state index contributed by atoms with van der Waals surface area (Å²) in [6, 6.07) is 15.3. The number of ether oxygens (including phenoxy) is 1. The summed E-state index contributed by atoms with van der Waals surface area (Å²) in [6.45, 7) is 0.201. The van der Waals surface area contributed by atoms with Gasteiger partial charge in [0.05, 0.1) is 18.7 Å². The molecule has 4 rings (SSSR count). The summed E-state index contributed by atoms with van der Waals surface area (Å²) in [4.78, 5) is 13.7. The Morgan fingerprint density at radius 3 is 2.23 bits per heavy atom. The molecule has 0 spiro atoms. The molecule has 1 saturated heterocycles. The van der Waals surface area contributed by atoms with Crippen molar-refractivity contribution in [3.05, 3.63) is 59.7 Å². The molecule has 2 atom stereocenters. The predicted octanol–water partition coefficient (Wildman–Crippen LogP) is 1.68. The summed E-state index contributed by atoms with van der Waals surface area (Å²) in [6.07, 6.45) is -2.99. The van der Waals surface area contributed by atoms with Gasteiger partial charge in [-0.05, 0) is 22.3 Å². The number of β-amino-alcohol motifs (C(OH)–C–C–N with tert-alkyl or cyclic N) is 1. The quantitative estimate of drug-likeness (QED) is 0.729. The Hall–Kier alpha value is -2.41. The van der Waals surface area contributed by atoms with Gasteiger partial charge in [-0.2, -0.15) is 0 Å². The van der Waals surface area contributed by atoms with Gasteiger partial charge >= 0.3 is 6.09 Å². The molecular weight excluding hydrogens is 334 g/mol. The van der Waals surface area contributed by atoms with E-state index in [0.717, 1.165) is 22.3 Å². The van der Waals surface area contributed by atoms with Crippen molar-refractivity contribution in [3.63, 3.8) is 0 Å². The van der Waals surface area contributed by atoms with Crippen molar-refractivity contribution in [2.75, 3.05) is 13.2 Å². The number of hydrogen-bond acceptors (Lipinski definition) is 5. The minimum Gasteiger partial charge on any atom is -0.448 e. The number of nitrogens with zero attached hydrogens (tertiary/aromatic N) is 1. The molecule has 1 aliphatic carbocycles. The minimum absolute atomic E-state index is 0.0406. The van der Waals surface area contributed by atoms with Crippen molar-refractivity contribution < 1.29 is 24.9 Å². The van der Waals surface area contributed by atoms with Crippen molar-refractivity contribution in [3.8, 4) is 11.1 Å². The molecule has 0 aromatic heterocycles. The molecule has 0 radical (unpaired) electrons. The van der Waals surface area contributed by atoms with Crippen LogP contribution in [0.3, 0.4) is 0 Å². The van der Waals surface area contributed by atoms with E-state index in [1.165, 1.54) is 4.90 Å². The second-order valence-electron chi connectivity index (χ2n) is 6.83. The van der Waals surface area contributed by atoms with Gasteiger partial charge in [-0.1, -0.05) is 48.5 Å². The third-order valence-electron chi connectivity index (χ3n) is 5.24. The van der Waals surface area contributed by atoms with Crippen LogP contribution in [0.4, 0.5) is 4.79 Å². The highest BCUT2D eigenvalue weighted by Gasteiger charge is 2.39. The molecule has 0 bridgehead atoms. The van der Waals surface area contributed by atoms with Crippen LogP contribution in [0.25, 0.3) is 11.1 Å². The largest absolute Gasteiger partial charge is 0.448 e. The fraction of sp³-hybridized carbons (Fsp3) is 0.350. The van der Waals surface area contributed by atoms with Gasteiger partial charge in [0.1, 0.15) is 6.61 Å². The Kier molecular flexibility index (Phi) is 4.40. The van der Waals surface area contributed by atoms with Crippen LogP contribution >= 0.6 is 0 Å². The number of fused-ring (bicyclic) bond motifs is 3. The predicted molar refractivity (Wildman–Crippen MR) is 94.4 cm³/mol. The van der Waals surface area contributed by atoms with Crippen molar-refractivity contribution in [2.45, 2.75) is 30.8 Å². The number of carbonyl (C=O) groups is 1. The normalized spacial score (nSPS) is 21.8. The third-order valence-corrected chi connectivity index (χ3v) is 5.24. The molecule has 26 heavy (non-hydrogen) atoms. The Balaban J connectivity index is 1.52. The Morgan fingerprint density at radius 2 is 1.65 bits per heavy atom. The van der Waals surface area contributed by atoms with Crippen LogP contribution in [-0.4, -0.2) is 57.9 Å². The lowest BCUT2D eigenvalue weighted by Gasteiger charge is -2.25. The highest BCUT2D eigenvalue weighted by molar-refractivity contribution is 5.79. The zero-order chi connectivity index (χ0) is 18.3. The number of likely N-dealkylation sites (tertiary alicyclic amines) is 1. The lowest BCUT2D eigenvalue weighted by Crippen LogP contribution is -2.43. The summed E-state index contributed by atoms with van der Waals surface area (Å²) >= 11 is 0. The molecule has 1 amide bonds. The first-order valence-electron chi connectivity index (χ1n) is 8.72. The summed E-state index contributed by atoms with van der Waals surface area (Å²) in [5.41, 5.74) is 4.51. The molecule has 2 aliphatic rings. The Bertz CT molecular complexity index is 776. The molecule has 0 saturated carbocycles. The fourth-order valence-electron chi connectivity index (χ4n) is 4.01. The first-order valence-corrected chi connectivity index (χ1v) is 8.72. The Morgan fingerprint density at radius 1 is 1.08 bits per heavy atom. The van der Waals surface area contributed by atoms with Crippen LogP contribution in [0.5, 0.6) is 0 Å². The van der Waals surface area contributed by atoms with Gasteiger partial charge in [-0.3, -0.25) is 4.90 Å². The van der Waals surface area contributed by atoms with Crippen molar-refractivity contribution >= 4 is 6.09 Å². The molecule has 136 valence electrons. The summed E-state index contributed by atoms with van der Waals surface area (Å²) in [5, 5.41) is 28.6. The van der Waals surface area contributed by atoms with Gasteiger partial charge in [0.15, 0.2) is 6.29 Å². The number of aliphatic hydroxyl groups excluding tert-OH is 2. The van der Waals surface area contributed by atoms with E-state index in [1.54, 1.807) is 0 Å². The van der Waals surface area contributed by atoms with Crippen LogP contribution in [-0.2, 0) is 4.74 Å². The second kappa shape index (κ2) is 6.72. The standard InChI is InChI=1S/C20H21NO5/c22-12-9-18(19(23)24)21(10-12)20(25)26-11-17-15-7-3-1-5-13(15)14-6-2-4-8-16(14)17/h1-8,12,17-19,22-24H,9-11H2/t12-,18+/m1/s1. The summed E-state index contributed by atoms with van der Waals surface area (Å²) in [7, 11) is 0. The molecule has 0 unspecified atom stereocenters. The van der Waals surface area contributed by atoms with Gasteiger partial charge < -0.3 is 20.1 Å². The van der Waals surface area contributed by atoms with Crippen molar-refractivity contribution in [1.82, 2.24) is 4.90 Å². The maximum absolute atomic E-state index is 12.5. The van der Waals surface area contributed by atoms with Gasteiger partial charge in [0.2, 0.25) is 0 Å². The molecule has 6 nitrogen and oxygen atoms in total. The molecule has 6 heteroatoms. The first kappa shape index (κ1) is 17.0. The van der Waals surface area contributed by atoms with Crippen LogP contribution in [0.15, 0.2) is 48.5 Å². The Labute approximate surface area is 151 Å². The number of aliphatic hydroxyl groups is 3. The highest BCUT2D eigenvalue weighted by Crippen LogP contribution is 2.44. The molecular formula is C20H21NO5. The fourth-order valence-corrected chi connectivity index (χ4v) is 4.01. The average Bonchev–Trinajstić information content (AvgIpc) is 3.18. The van der Waals surface area contributed by atoms with Crippen molar-refractivity contribution in [2.24, 2.45) is 0 Å². The molecule has 1 aliphatic heterocycles. The number of hydrogen-bond donors (Lipinski definition) is 3. The average molecular weight is 355 g/mol. The van der Waals surface area contributed by atoms with E-state index >= 15 is 0 Å². The van der Waals surface area contributed by atoms with E-state index in [1.807, 2.05) is 36.4 Å². The minimum atomic E-state index is -1.70.